The standard InChI is InChI=1S/C21H38/c1-8-9-10-11-12-13-14-15-21(6,7)20-18(4)16(2)17(3)19(20)5/h20H,8-15H2,1-7H3. The van der Waals surface area contributed by atoms with E-state index < -0.39 is 0 Å². The molecule has 0 saturated carbocycles. The van der Waals surface area contributed by atoms with E-state index in [1.807, 2.05) is 0 Å². The van der Waals surface area contributed by atoms with Crippen LogP contribution in [0.2, 0.25) is 0 Å². The first-order chi connectivity index (χ1) is 9.83. The maximum atomic E-state index is 2.48. The van der Waals surface area contributed by atoms with Crippen molar-refractivity contribution in [3.63, 3.8) is 0 Å². The highest BCUT2D eigenvalue weighted by molar-refractivity contribution is 5.47. The molecule has 1 aliphatic rings. The van der Waals surface area contributed by atoms with Crippen LogP contribution in [0.25, 0.3) is 0 Å². The van der Waals surface area contributed by atoms with Crippen LogP contribution in [0.15, 0.2) is 22.3 Å². The van der Waals surface area contributed by atoms with Crippen LogP contribution in [0.3, 0.4) is 0 Å². The molecule has 0 nitrogen and oxygen atoms in total. The molecule has 0 aromatic carbocycles. The monoisotopic (exact) mass is 290 g/mol. The summed E-state index contributed by atoms with van der Waals surface area (Å²) in [5, 5.41) is 0. The lowest BCUT2D eigenvalue weighted by Gasteiger charge is -2.34. The molecule has 21 heavy (non-hydrogen) atoms. The summed E-state index contributed by atoms with van der Waals surface area (Å²) in [7, 11) is 0. The third kappa shape index (κ3) is 4.73. The van der Waals surface area contributed by atoms with Gasteiger partial charge >= 0.3 is 0 Å². The summed E-state index contributed by atoms with van der Waals surface area (Å²) < 4.78 is 0. The maximum Gasteiger partial charge on any atom is 0.00643 e. The Bertz CT molecular complexity index is 368. The van der Waals surface area contributed by atoms with E-state index in [-0.39, 0.29) is 0 Å². The van der Waals surface area contributed by atoms with Gasteiger partial charge in [-0.15, -0.1) is 0 Å². The van der Waals surface area contributed by atoms with Gasteiger partial charge in [0.2, 0.25) is 0 Å². The Hall–Kier alpha value is -0.520. The van der Waals surface area contributed by atoms with Crippen LogP contribution >= 0.6 is 0 Å². The second-order valence-electron chi connectivity index (χ2n) is 7.91. The average molecular weight is 291 g/mol. The van der Waals surface area contributed by atoms with Gasteiger partial charge in [0.15, 0.2) is 0 Å². The third-order valence-corrected chi connectivity index (χ3v) is 5.82. The predicted octanol–water partition coefficient (Wildman–Crippen LogP) is 7.46. The Morgan fingerprint density at radius 1 is 0.714 bits per heavy atom. The first-order valence-corrected chi connectivity index (χ1v) is 9.18. The number of unbranched alkanes of at least 4 members (excludes halogenated alkanes) is 6. The minimum atomic E-state index is 0.413. The van der Waals surface area contributed by atoms with Gasteiger partial charge < -0.3 is 0 Å². The molecule has 0 amide bonds. The Kier molecular flexibility index (Phi) is 7.24. The molecule has 0 atom stereocenters. The highest BCUT2D eigenvalue weighted by atomic mass is 14.4. The first kappa shape index (κ1) is 18.5. The van der Waals surface area contributed by atoms with Crippen molar-refractivity contribution < 1.29 is 0 Å². The van der Waals surface area contributed by atoms with Gasteiger partial charge in [-0.3, -0.25) is 0 Å². The molecule has 0 aromatic heterocycles. The summed E-state index contributed by atoms with van der Waals surface area (Å²) in [4.78, 5) is 0. The van der Waals surface area contributed by atoms with Crippen LogP contribution in [0.1, 0.15) is 99.8 Å². The summed E-state index contributed by atoms with van der Waals surface area (Å²) in [6, 6.07) is 0. The van der Waals surface area contributed by atoms with Crippen LogP contribution in [0.4, 0.5) is 0 Å². The van der Waals surface area contributed by atoms with E-state index in [9.17, 15) is 0 Å². The second-order valence-corrected chi connectivity index (χ2v) is 7.91. The Labute approximate surface area is 134 Å². The van der Waals surface area contributed by atoms with Crippen molar-refractivity contribution >= 4 is 0 Å². The molecule has 0 aromatic rings. The van der Waals surface area contributed by atoms with Crippen molar-refractivity contribution in [1.29, 1.82) is 0 Å². The van der Waals surface area contributed by atoms with Gasteiger partial charge in [-0.1, -0.05) is 76.9 Å². The molecule has 0 spiro atoms. The second kappa shape index (κ2) is 8.20. The van der Waals surface area contributed by atoms with E-state index in [2.05, 4.69) is 48.5 Å². The number of hydrogen-bond acceptors (Lipinski definition) is 0. The first-order valence-electron chi connectivity index (χ1n) is 9.18. The Morgan fingerprint density at radius 3 is 1.62 bits per heavy atom. The smallest absolute Gasteiger partial charge is 0.00643 e. The fourth-order valence-electron chi connectivity index (χ4n) is 4.20. The quantitative estimate of drug-likeness (QED) is 0.387. The summed E-state index contributed by atoms with van der Waals surface area (Å²) in [5.74, 6) is 0.678. The number of hydrogen-bond donors (Lipinski definition) is 0. The van der Waals surface area contributed by atoms with Crippen LogP contribution in [-0.2, 0) is 0 Å². The van der Waals surface area contributed by atoms with Crippen molar-refractivity contribution in [1.82, 2.24) is 0 Å². The van der Waals surface area contributed by atoms with Crippen LogP contribution in [0, 0.1) is 11.3 Å². The van der Waals surface area contributed by atoms with Gasteiger partial charge in [0.05, 0.1) is 0 Å². The minimum absolute atomic E-state index is 0.413. The van der Waals surface area contributed by atoms with Gasteiger partial charge in [-0.2, -0.15) is 0 Å². The van der Waals surface area contributed by atoms with Crippen molar-refractivity contribution in [3.8, 4) is 0 Å². The maximum absolute atomic E-state index is 2.48. The molecule has 0 N–H and O–H groups in total. The molecule has 0 bridgehead atoms. The molecule has 0 fully saturated rings. The normalized spacial score (nSPS) is 17.3. The molecule has 0 heteroatoms. The van der Waals surface area contributed by atoms with Crippen molar-refractivity contribution in [3.05, 3.63) is 22.3 Å². The molecular formula is C21H38. The number of allylic oxidation sites excluding steroid dienone is 4. The highest BCUT2D eigenvalue weighted by Gasteiger charge is 2.36. The molecule has 0 heterocycles. The SMILES string of the molecule is CCCCCCCCCC(C)(C)C1C(C)=C(C)C(C)=C1C. The highest BCUT2D eigenvalue weighted by Crippen LogP contribution is 2.48. The lowest BCUT2D eigenvalue weighted by atomic mass is 9.70. The fourth-order valence-corrected chi connectivity index (χ4v) is 4.20. The van der Waals surface area contributed by atoms with Crippen LogP contribution in [-0.4, -0.2) is 0 Å². The molecule has 0 aliphatic heterocycles. The summed E-state index contributed by atoms with van der Waals surface area (Å²) in [5.41, 5.74) is 6.75. The van der Waals surface area contributed by atoms with Gasteiger partial charge in [0.1, 0.15) is 0 Å². The average Bonchev–Trinajstić information content (AvgIpc) is 2.62. The topological polar surface area (TPSA) is 0 Å². The third-order valence-electron chi connectivity index (χ3n) is 5.82. The summed E-state index contributed by atoms with van der Waals surface area (Å²) in [6.45, 7) is 16.6. The molecule has 0 saturated heterocycles. The molecule has 1 rings (SSSR count). The van der Waals surface area contributed by atoms with E-state index >= 15 is 0 Å². The predicted molar refractivity (Wildman–Crippen MR) is 96.6 cm³/mol. The summed E-state index contributed by atoms with van der Waals surface area (Å²) in [6.07, 6.45) is 11.3. The van der Waals surface area contributed by atoms with Crippen molar-refractivity contribution in [2.24, 2.45) is 11.3 Å². The van der Waals surface area contributed by atoms with Crippen molar-refractivity contribution in [2.45, 2.75) is 99.8 Å². The van der Waals surface area contributed by atoms with Crippen LogP contribution in [0.5, 0.6) is 0 Å². The largest absolute Gasteiger partial charge is 0.0654 e. The number of rotatable bonds is 9. The minimum Gasteiger partial charge on any atom is -0.0654 e. The zero-order chi connectivity index (χ0) is 16.0. The zero-order valence-corrected chi connectivity index (χ0v) is 15.7. The Balaban J connectivity index is 2.44. The van der Waals surface area contributed by atoms with E-state index in [0.717, 1.165) is 0 Å². The van der Waals surface area contributed by atoms with Crippen molar-refractivity contribution in [2.75, 3.05) is 0 Å². The van der Waals surface area contributed by atoms with E-state index in [4.69, 9.17) is 0 Å². The van der Waals surface area contributed by atoms with E-state index in [1.165, 1.54) is 51.4 Å². The fraction of sp³-hybridized carbons (Fsp3) is 0.810. The lowest BCUT2D eigenvalue weighted by molar-refractivity contribution is 0.249. The molecule has 0 radical (unpaired) electrons. The van der Waals surface area contributed by atoms with Gasteiger partial charge in [0.25, 0.3) is 0 Å². The van der Waals surface area contributed by atoms with E-state index in [1.54, 1.807) is 22.3 Å². The lowest BCUT2D eigenvalue weighted by Crippen LogP contribution is -2.25. The van der Waals surface area contributed by atoms with Gasteiger partial charge in [-0.25, -0.2) is 0 Å². The molecule has 122 valence electrons. The van der Waals surface area contributed by atoms with E-state index in [0.29, 0.717) is 11.3 Å². The molecular weight excluding hydrogens is 252 g/mol. The van der Waals surface area contributed by atoms with Crippen LogP contribution < -0.4 is 0 Å². The Morgan fingerprint density at radius 2 is 1.14 bits per heavy atom. The molecule has 1 aliphatic carbocycles. The van der Waals surface area contributed by atoms with Gasteiger partial charge in [0, 0.05) is 5.92 Å². The molecule has 0 unspecified atom stereocenters. The van der Waals surface area contributed by atoms with Gasteiger partial charge in [-0.05, 0) is 50.7 Å². The summed E-state index contributed by atoms with van der Waals surface area (Å²) >= 11 is 0. The zero-order valence-electron chi connectivity index (χ0n) is 15.7.